The summed E-state index contributed by atoms with van der Waals surface area (Å²) in [5, 5.41) is 0. The molecule has 0 aliphatic rings. The molecule has 0 aromatic carbocycles. The van der Waals surface area contributed by atoms with E-state index in [0.29, 0.717) is 6.61 Å². The number of ether oxygens (including phenoxy) is 2. The Bertz CT molecular complexity index is 50.0. The zero-order chi connectivity index (χ0) is 5.54. The normalized spacial score (nSPS) is 9.43. The molecular weight excluding hydrogens is 92.1 g/mol. The fraction of sp³-hybridized carbons (Fsp3) is 0.600. The van der Waals surface area contributed by atoms with E-state index in [2.05, 4.69) is 4.74 Å². The van der Waals surface area contributed by atoms with Crippen molar-refractivity contribution in [2.24, 2.45) is 0 Å². The van der Waals surface area contributed by atoms with Crippen LogP contribution in [0.4, 0.5) is 0 Å². The molecule has 0 heterocycles. The van der Waals surface area contributed by atoms with Crippen LogP contribution in [0, 0.1) is 0 Å². The third kappa shape index (κ3) is 5.34. The van der Waals surface area contributed by atoms with Gasteiger partial charge in [0.15, 0.2) is 0 Å². The van der Waals surface area contributed by atoms with Gasteiger partial charge in [-0.05, 0) is 6.92 Å². The lowest BCUT2D eigenvalue weighted by Crippen LogP contribution is -1.76. The van der Waals surface area contributed by atoms with E-state index in [-0.39, 0.29) is 0 Å². The smallest absolute Gasteiger partial charge is 0.117 e. The lowest BCUT2D eigenvalue weighted by atomic mass is 10.9. The fourth-order valence-corrected chi connectivity index (χ4v) is 0.191. The first-order valence-corrected chi connectivity index (χ1v) is 2.21. The van der Waals surface area contributed by atoms with Crippen LogP contribution in [0.15, 0.2) is 12.5 Å². The average molecular weight is 102 g/mol. The van der Waals surface area contributed by atoms with Crippen molar-refractivity contribution in [3.8, 4) is 0 Å². The molecule has 0 aliphatic carbocycles. The van der Waals surface area contributed by atoms with Crippen LogP contribution in [0.5, 0.6) is 0 Å². The van der Waals surface area contributed by atoms with E-state index < -0.39 is 0 Å². The Morgan fingerprint density at radius 3 is 2.57 bits per heavy atom. The van der Waals surface area contributed by atoms with Crippen molar-refractivity contribution >= 4 is 0 Å². The molecule has 2 nitrogen and oxygen atoms in total. The Labute approximate surface area is 43.7 Å². The van der Waals surface area contributed by atoms with Crippen molar-refractivity contribution in [3.05, 3.63) is 12.5 Å². The summed E-state index contributed by atoms with van der Waals surface area (Å²) in [6.45, 7) is 2.61. The van der Waals surface area contributed by atoms with E-state index in [4.69, 9.17) is 4.74 Å². The second kappa shape index (κ2) is 5.34. The summed E-state index contributed by atoms with van der Waals surface area (Å²) >= 11 is 0. The third-order valence-electron chi connectivity index (χ3n) is 0.455. The molecule has 0 radical (unpaired) electrons. The van der Waals surface area contributed by atoms with E-state index in [1.54, 1.807) is 7.11 Å². The highest BCUT2D eigenvalue weighted by atomic mass is 16.5. The summed E-state index contributed by atoms with van der Waals surface area (Å²) < 4.78 is 9.31. The molecular formula is C5H10O2. The van der Waals surface area contributed by atoms with Crippen LogP contribution in [0.1, 0.15) is 6.92 Å². The van der Waals surface area contributed by atoms with Crippen molar-refractivity contribution in [1.29, 1.82) is 0 Å². The summed E-state index contributed by atoms with van der Waals surface area (Å²) in [5.74, 6) is 0. The van der Waals surface area contributed by atoms with E-state index in [1.807, 2.05) is 6.92 Å². The number of rotatable bonds is 3. The van der Waals surface area contributed by atoms with Crippen LogP contribution in [0.25, 0.3) is 0 Å². The molecule has 0 fully saturated rings. The van der Waals surface area contributed by atoms with E-state index >= 15 is 0 Å². The van der Waals surface area contributed by atoms with Crippen molar-refractivity contribution in [2.75, 3.05) is 13.7 Å². The van der Waals surface area contributed by atoms with Gasteiger partial charge >= 0.3 is 0 Å². The topological polar surface area (TPSA) is 18.5 Å². The molecule has 0 aromatic heterocycles. The molecule has 42 valence electrons. The van der Waals surface area contributed by atoms with Gasteiger partial charge in [-0.25, -0.2) is 0 Å². The Balaban J connectivity index is 2.78. The van der Waals surface area contributed by atoms with Crippen molar-refractivity contribution < 1.29 is 9.47 Å². The second-order valence-electron chi connectivity index (χ2n) is 0.963. The van der Waals surface area contributed by atoms with Crippen LogP contribution >= 0.6 is 0 Å². The van der Waals surface area contributed by atoms with Gasteiger partial charge in [-0.15, -0.1) is 0 Å². The highest BCUT2D eigenvalue weighted by molar-refractivity contribution is 4.57. The first kappa shape index (κ1) is 6.34. The average Bonchev–Trinajstić information content (AvgIpc) is 1.69. The summed E-state index contributed by atoms with van der Waals surface area (Å²) in [7, 11) is 1.58. The number of methoxy groups -OCH3 is 1. The van der Waals surface area contributed by atoms with Gasteiger partial charge in [0.25, 0.3) is 0 Å². The zero-order valence-corrected chi connectivity index (χ0v) is 4.68. The van der Waals surface area contributed by atoms with Gasteiger partial charge in [-0.3, -0.25) is 0 Å². The maximum Gasteiger partial charge on any atom is 0.117 e. The van der Waals surface area contributed by atoms with Crippen LogP contribution < -0.4 is 0 Å². The molecule has 0 unspecified atom stereocenters. The lowest BCUT2D eigenvalue weighted by molar-refractivity contribution is 0.243. The lowest BCUT2D eigenvalue weighted by Gasteiger charge is -1.89. The standard InChI is InChI=1S/C5H10O2/c1-3-7-5-4-6-2/h4-5H,3H2,1-2H3. The van der Waals surface area contributed by atoms with Gasteiger partial charge in [0.05, 0.1) is 13.7 Å². The van der Waals surface area contributed by atoms with Gasteiger partial charge in [-0.1, -0.05) is 0 Å². The summed E-state index contributed by atoms with van der Waals surface area (Å²) in [5.41, 5.74) is 0. The monoisotopic (exact) mass is 102 g/mol. The maximum atomic E-state index is 4.77. The molecule has 0 bridgehead atoms. The van der Waals surface area contributed by atoms with Crippen molar-refractivity contribution in [2.45, 2.75) is 6.92 Å². The molecule has 0 aromatic rings. The predicted molar refractivity (Wildman–Crippen MR) is 27.8 cm³/mol. The molecule has 0 saturated heterocycles. The number of hydrogen-bond acceptors (Lipinski definition) is 2. The summed E-state index contributed by atoms with van der Waals surface area (Å²) in [6.07, 6.45) is 3.00. The molecule has 0 amide bonds. The Morgan fingerprint density at radius 2 is 2.14 bits per heavy atom. The van der Waals surface area contributed by atoms with Gasteiger partial charge < -0.3 is 9.47 Å². The van der Waals surface area contributed by atoms with Crippen LogP contribution in [-0.2, 0) is 9.47 Å². The van der Waals surface area contributed by atoms with Gasteiger partial charge in [0, 0.05) is 0 Å². The summed E-state index contributed by atoms with van der Waals surface area (Å²) in [4.78, 5) is 0. The molecule has 0 aliphatic heterocycles. The largest absolute Gasteiger partial charge is 0.501 e. The minimum absolute atomic E-state index is 0.694. The fourth-order valence-electron chi connectivity index (χ4n) is 0.191. The molecule has 0 rings (SSSR count). The molecule has 0 atom stereocenters. The predicted octanol–water partition coefficient (Wildman–Crippen LogP) is 1.14. The van der Waals surface area contributed by atoms with E-state index in [1.165, 1.54) is 12.5 Å². The second-order valence-corrected chi connectivity index (χ2v) is 0.963. The highest BCUT2D eigenvalue weighted by Crippen LogP contribution is 1.74. The van der Waals surface area contributed by atoms with Crippen LogP contribution in [0.2, 0.25) is 0 Å². The quantitative estimate of drug-likeness (QED) is 0.497. The summed E-state index contributed by atoms with van der Waals surface area (Å²) in [6, 6.07) is 0. The van der Waals surface area contributed by atoms with Crippen LogP contribution in [0.3, 0.4) is 0 Å². The molecule has 2 heteroatoms. The van der Waals surface area contributed by atoms with Crippen molar-refractivity contribution in [3.63, 3.8) is 0 Å². The first-order valence-electron chi connectivity index (χ1n) is 2.21. The Kier molecular flexibility index (Phi) is 4.84. The molecule has 7 heavy (non-hydrogen) atoms. The van der Waals surface area contributed by atoms with Crippen molar-refractivity contribution in [1.82, 2.24) is 0 Å². The minimum Gasteiger partial charge on any atom is -0.501 e. The zero-order valence-electron chi connectivity index (χ0n) is 4.68. The third-order valence-corrected chi connectivity index (χ3v) is 0.455. The number of hydrogen-bond donors (Lipinski definition) is 0. The van der Waals surface area contributed by atoms with Gasteiger partial charge in [0.2, 0.25) is 0 Å². The minimum atomic E-state index is 0.694. The van der Waals surface area contributed by atoms with E-state index in [9.17, 15) is 0 Å². The molecule has 0 N–H and O–H groups in total. The first-order chi connectivity index (χ1) is 3.41. The highest BCUT2D eigenvalue weighted by Gasteiger charge is 1.64. The Morgan fingerprint density at radius 1 is 1.43 bits per heavy atom. The van der Waals surface area contributed by atoms with Gasteiger partial charge in [0.1, 0.15) is 12.5 Å². The van der Waals surface area contributed by atoms with E-state index in [0.717, 1.165) is 0 Å². The SMILES string of the molecule is CCOC=COC. The van der Waals surface area contributed by atoms with Gasteiger partial charge in [-0.2, -0.15) is 0 Å². The Hall–Kier alpha value is -0.660. The van der Waals surface area contributed by atoms with Crippen LogP contribution in [-0.4, -0.2) is 13.7 Å². The molecule has 0 spiro atoms. The molecule has 0 saturated carbocycles. The maximum absolute atomic E-state index is 4.77.